The number of hydrazine groups is 1. The van der Waals surface area contributed by atoms with Crippen LogP contribution < -0.4 is 11.3 Å². The van der Waals surface area contributed by atoms with E-state index in [1.54, 1.807) is 0 Å². The highest BCUT2D eigenvalue weighted by Gasteiger charge is 2.16. The Labute approximate surface area is 75.3 Å². The fraction of sp³-hybridized carbons (Fsp3) is 1.00. The Morgan fingerprint density at radius 1 is 1.33 bits per heavy atom. The first-order chi connectivity index (χ1) is 5.74. The standard InChI is InChI=1S/C9H21N3/c1-8(2)12-6-3-4-9(11-10)5-7-12/h8-9,11H,3-7,10H2,1-2H3. The van der Waals surface area contributed by atoms with Crippen LogP contribution in [0.4, 0.5) is 0 Å². The molecule has 1 atom stereocenters. The van der Waals surface area contributed by atoms with Crippen molar-refractivity contribution in [2.75, 3.05) is 13.1 Å². The van der Waals surface area contributed by atoms with E-state index in [1.165, 1.54) is 32.4 Å². The van der Waals surface area contributed by atoms with Crippen LogP contribution in [-0.4, -0.2) is 30.1 Å². The lowest BCUT2D eigenvalue weighted by atomic mass is 10.1. The smallest absolute Gasteiger partial charge is 0.0223 e. The van der Waals surface area contributed by atoms with Crippen molar-refractivity contribution in [1.29, 1.82) is 0 Å². The van der Waals surface area contributed by atoms with Gasteiger partial charge in [0.15, 0.2) is 0 Å². The van der Waals surface area contributed by atoms with Gasteiger partial charge in [0.05, 0.1) is 0 Å². The van der Waals surface area contributed by atoms with Gasteiger partial charge in [-0.2, -0.15) is 0 Å². The number of nitrogens with zero attached hydrogens (tertiary/aromatic N) is 1. The fourth-order valence-corrected chi connectivity index (χ4v) is 1.80. The average Bonchev–Trinajstić information content (AvgIpc) is 2.28. The highest BCUT2D eigenvalue weighted by Crippen LogP contribution is 2.12. The van der Waals surface area contributed by atoms with Crippen molar-refractivity contribution in [2.24, 2.45) is 5.84 Å². The van der Waals surface area contributed by atoms with Crippen molar-refractivity contribution >= 4 is 0 Å². The van der Waals surface area contributed by atoms with Crippen LogP contribution in [0.5, 0.6) is 0 Å². The minimum atomic E-state index is 0.536. The number of nitrogens with one attached hydrogen (secondary N) is 1. The fourth-order valence-electron chi connectivity index (χ4n) is 1.80. The van der Waals surface area contributed by atoms with Gasteiger partial charge in [-0.15, -0.1) is 0 Å². The number of hydrogen-bond donors (Lipinski definition) is 2. The maximum atomic E-state index is 5.43. The molecule has 0 radical (unpaired) electrons. The van der Waals surface area contributed by atoms with Crippen LogP contribution in [0.15, 0.2) is 0 Å². The Kier molecular flexibility index (Phi) is 3.98. The molecular weight excluding hydrogens is 150 g/mol. The Balaban J connectivity index is 2.34. The lowest BCUT2D eigenvalue weighted by Gasteiger charge is -2.24. The summed E-state index contributed by atoms with van der Waals surface area (Å²) in [6, 6.07) is 1.22. The van der Waals surface area contributed by atoms with E-state index in [0.29, 0.717) is 12.1 Å². The minimum absolute atomic E-state index is 0.536. The van der Waals surface area contributed by atoms with Gasteiger partial charge < -0.3 is 4.90 Å². The van der Waals surface area contributed by atoms with Crippen molar-refractivity contribution in [1.82, 2.24) is 10.3 Å². The molecule has 3 heteroatoms. The van der Waals surface area contributed by atoms with E-state index in [4.69, 9.17) is 5.84 Å². The first kappa shape index (κ1) is 9.96. The van der Waals surface area contributed by atoms with Crippen LogP contribution in [0.25, 0.3) is 0 Å². The third kappa shape index (κ3) is 2.73. The van der Waals surface area contributed by atoms with Gasteiger partial charge in [-0.1, -0.05) is 0 Å². The molecule has 1 fully saturated rings. The van der Waals surface area contributed by atoms with Crippen molar-refractivity contribution in [3.63, 3.8) is 0 Å². The molecule has 3 nitrogen and oxygen atoms in total. The third-order valence-corrected chi connectivity index (χ3v) is 2.73. The summed E-state index contributed by atoms with van der Waals surface area (Å²) >= 11 is 0. The van der Waals surface area contributed by atoms with Crippen molar-refractivity contribution in [2.45, 2.75) is 45.2 Å². The summed E-state index contributed by atoms with van der Waals surface area (Å²) in [6.07, 6.45) is 3.68. The molecule has 0 spiro atoms. The SMILES string of the molecule is CC(C)N1CCCC(NN)CC1. The highest BCUT2D eigenvalue weighted by molar-refractivity contribution is 4.74. The minimum Gasteiger partial charge on any atom is -0.301 e. The maximum absolute atomic E-state index is 5.43. The van der Waals surface area contributed by atoms with E-state index in [-0.39, 0.29) is 0 Å². The summed E-state index contributed by atoms with van der Waals surface area (Å²) in [5.74, 6) is 5.43. The molecule has 0 aliphatic carbocycles. The lowest BCUT2D eigenvalue weighted by molar-refractivity contribution is 0.229. The van der Waals surface area contributed by atoms with Crippen LogP contribution in [-0.2, 0) is 0 Å². The largest absolute Gasteiger partial charge is 0.301 e. The molecule has 1 aliphatic rings. The van der Waals surface area contributed by atoms with E-state index in [9.17, 15) is 0 Å². The van der Waals surface area contributed by atoms with Gasteiger partial charge in [-0.25, -0.2) is 0 Å². The van der Waals surface area contributed by atoms with Gasteiger partial charge in [0.25, 0.3) is 0 Å². The van der Waals surface area contributed by atoms with Gasteiger partial charge in [0.2, 0.25) is 0 Å². The summed E-state index contributed by atoms with van der Waals surface area (Å²) in [6.45, 7) is 6.94. The van der Waals surface area contributed by atoms with Crippen LogP contribution in [0.1, 0.15) is 33.1 Å². The molecule has 1 unspecified atom stereocenters. The average molecular weight is 171 g/mol. The zero-order chi connectivity index (χ0) is 8.97. The first-order valence-corrected chi connectivity index (χ1v) is 4.94. The molecule has 0 aromatic carbocycles. The van der Waals surface area contributed by atoms with Crippen molar-refractivity contribution < 1.29 is 0 Å². The van der Waals surface area contributed by atoms with Gasteiger partial charge >= 0.3 is 0 Å². The Morgan fingerprint density at radius 3 is 2.67 bits per heavy atom. The van der Waals surface area contributed by atoms with E-state index >= 15 is 0 Å². The van der Waals surface area contributed by atoms with E-state index < -0.39 is 0 Å². The van der Waals surface area contributed by atoms with Gasteiger partial charge in [0, 0.05) is 12.1 Å². The zero-order valence-electron chi connectivity index (χ0n) is 8.21. The van der Waals surface area contributed by atoms with Crippen molar-refractivity contribution in [3.05, 3.63) is 0 Å². The third-order valence-electron chi connectivity index (χ3n) is 2.73. The Morgan fingerprint density at radius 2 is 2.08 bits per heavy atom. The first-order valence-electron chi connectivity index (χ1n) is 4.94. The number of rotatable bonds is 2. The molecule has 1 aliphatic heterocycles. The maximum Gasteiger partial charge on any atom is 0.0223 e. The second kappa shape index (κ2) is 4.80. The van der Waals surface area contributed by atoms with Gasteiger partial charge in [-0.3, -0.25) is 11.3 Å². The Hall–Kier alpha value is -0.120. The van der Waals surface area contributed by atoms with Crippen LogP contribution in [0, 0.1) is 0 Å². The number of hydrogen-bond acceptors (Lipinski definition) is 3. The second-order valence-corrected chi connectivity index (χ2v) is 3.92. The van der Waals surface area contributed by atoms with E-state index in [1.807, 2.05) is 0 Å². The van der Waals surface area contributed by atoms with Gasteiger partial charge in [0.1, 0.15) is 0 Å². The molecular formula is C9H21N3. The second-order valence-electron chi connectivity index (χ2n) is 3.92. The Bertz CT molecular complexity index is 125. The summed E-state index contributed by atoms with van der Waals surface area (Å²) in [5, 5.41) is 0. The van der Waals surface area contributed by atoms with E-state index in [0.717, 1.165) is 0 Å². The molecule has 1 rings (SSSR count). The topological polar surface area (TPSA) is 41.3 Å². The molecule has 72 valence electrons. The molecule has 0 saturated carbocycles. The van der Waals surface area contributed by atoms with Crippen molar-refractivity contribution in [3.8, 4) is 0 Å². The lowest BCUT2D eigenvalue weighted by Crippen LogP contribution is -2.37. The quantitative estimate of drug-likeness (QED) is 0.475. The van der Waals surface area contributed by atoms with E-state index in [2.05, 4.69) is 24.2 Å². The number of nitrogens with two attached hydrogens (primary N) is 1. The monoisotopic (exact) mass is 171 g/mol. The summed E-state index contributed by atoms with van der Waals surface area (Å²) < 4.78 is 0. The normalized spacial score (nSPS) is 27.5. The summed E-state index contributed by atoms with van der Waals surface area (Å²) in [4.78, 5) is 2.53. The summed E-state index contributed by atoms with van der Waals surface area (Å²) in [5.41, 5.74) is 2.88. The van der Waals surface area contributed by atoms with Crippen LogP contribution in [0.2, 0.25) is 0 Å². The molecule has 0 aromatic heterocycles. The van der Waals surface area contributed by atoms with Gasteiger partial charge in [-0.05, 0) is 46.2 Å². The molecule has 3 N–H and O–H groups in total. The molecule has 0 aromatic rings. The molecule has 1 heterocycles. The van der Waals surface area contributed by atoms with Crippen LogP contribution in [0.3, 0.4) is 0 Å². The molecule has 0 bridgehead atoms. The highest BCUT2D eigenvalue weighted by atomic mass is 15.2. The molecule has 12 heavy (non-hydrogen) atoms. The summed E-state index contributed by atoms with van der Waals surface area (Å²) in [7, 11) is 0. The molecule has 1 saturated heterocycles. The number of likely N-dealkylation sites (tertiary alicyclic amines) is 1. The zero-order valence-corrected chi connectivity index (χ0v) is 8.21. The molecule has 0 amide bonds. The van der Waals surface area contributed by atoms with Crippen LogP contribution >= 0.6 is 0 Å². The predicted octanol–water partition coefficient (Wildman–Crippen LogP) is 0.713. The predicted molar refractivity (Wildman–Crippen MR) is 51.7 cm³/mol.